The third-order valence-corrected chi connectivity index (χ3v) is 2.45. The van der Waals surface area contributed by atoms with Crippen molar-refractivity contribution in [1.29, 1.82) is 0 Å². The van der Waals surface area contributed by atoms with Gasteiger partial charge in [-0.2, -0.15) is 0 Å². The van der Waals surface area contributed by atoms with Crippen LogP contribution < -0.4 is 5.32 Å². The maximum Gasteiger partial charge on any atom is 0.0901 e. The highest BCUT2D eigenvalue weighted by atomic mass is 16.5. The third-order valence-electron chi connectivity index (χ3n) is 2.45. The van der Waals surface area contributed by atoms with Crippen LogP contribution in [0.1, 0.15) is 39.5 Å². The van der Waals surface area contributed by atoms with E-state index in [0.717, 1.165) is 19.7 Å². The van der Waals surface area contributed by atoms with E-state index in [0.29, 0.717) is 0 Å². The number of rotatable bonds is 6. The third kappa shape index (κ3) is 3.11. The van der Waals surface area contributed by atoms with E-state index in [1.165, 1.54) is 25.7 Å². The summed E-state index contributed by atoms with van der Waals surface area (Å²) in [4.78, 5) is 0. The van der Waals surface area contributed by atoms with Crippen LogP contribution in [0.2, 0.25) is 0 Å². The van der Waals surface area contributed by atoms with Gasteiger partial charge in [0, 0.05) is 19.7 Å². The van der Waals surface area contributed by atoms with Crippen LogP contribution in [0.15, 0.2) is 0 Å². The highest BCUT2D eigenvalue weighted by Crippen LogP contribution is 2.15. The van der Waals surface area contributed by atoms with Gasteiger partial charge in [-0.05, 0) is 13.3 Å². The van der Waals surface area contributed by atoms with Crippen molar-refractivity contribution in [3.8, 4) is 0 Å². The minimum absolute atomic E-state index is 0.159. The van der Waals surface area contributed by atoms with E-state index in [1.807, 2.05) is 0 Å². The number of hydrogen-bond donors (Lipinski definition) is 1. The van der Waals surface area contributed by atoms with Crippen molar-refractivity contribution in [2.24, 2.45) is 0 Å². The van der Waals surface area contributed by atoms with E-state index < -0.39 is 0 Å². The van der Waals surface area contributed by atoms with Gasteiger partial charge in [0.05, 0.1) is 5.60 Å². The van der Waals surface area contributed by atoms with Gasteiger partial charge in [-0.15, -0.1) is 0 Å². The normalized spacial score (nSPS) is 20.5. The Labute approximate surface area is 75.7 Å². The summed E-state index contributed by atoms with van der Waals surface area (Å²) in [5, 5.41) is 3.23. The van der Waals surface area contributed by atoms with E-state index in [2.05, 4.69) is 19.2 Å². The molecule has 0 aromatic rings. The molecule has 0 unspecified atom stereocenters. The Kier molecular flexibility index (Phi) is 4.02. The molecular weight excluding hydrogens is 150 g/mol. The van der Waals surface area contributed by atoms with Gasteiger partial charge in [-0.3, -0.25) is 0 Å². The predicted octanol–water partition coefficient (Wildman–Crippen LogP) is 1.95. The van der Waals surface area contributed by atoms with Gasteiger partial charge in [0.1, 0.15) is 0 Å². The molecule has 1 aliphatic rings. The molecule has 1 aliphatic heterocycles. The van der Waals surface area contributed by atoms with E-state index in [-0.39, 0.29) is 5.60 Å². The summed E-state index contributed by atoms with van der Waals surface area (Å²) in [5.74, 6) is 0. The highest BCUT2D eigenvalue weighted by molar-refractivity contribution is 4.89. The van der Waals surface area contributed by atoms with Crippen molar-refractivity contribution in [1.82, 2.24) is 5.32 Å². The lowest BCUT2D eigenvalue weighted by Gasteiger charge is -2.39. The number of hydrogen-bond acceptors (Lipinski definition) is 2. The van der Waals surface area contributed by atoms with Crippen LogP contribution in [0, 0.1) is 0 Å². The van der Waals surface area contributed by atoms with E-state index >= 15 is 0 Å². The molecule has 0 aromatic heterocycles. The highest BCUT2D eigenvalue weighted by Gasteiger charge is 2.31. The molecule has 0 radical (unpaired) electrons. The Balaban J connectivity index is 1.88. The summed E-state index contributed by atoms with van der Waals surface area (Å²) < 4.78 is 5.75. The van der Waals surface area contributed by atoms with Crippen molar-refractivity contribution >= 4 is 0 Å². The molecule has 0 aromatic carbocycles. The number of nitrogens with one attached hydrogen (secondary N) is 1. The topological polar surface area (TPSA) is 21.3 Å². The lowest BCUT2D eigenvalue weighted by atomic mass is 10.0. The molecule has 12 heavy (non-hydrogen) atoms. The van der Waals surface area contributed by atoms with Crippen LogP contribution in [-0.4, -0.2) is 25.3 Å². The Morgan fingerprint density at radius 2 is 2.00 bits per heavy atom. The molecule has 0 aliphatic carbocycles. The fourth-order valence-electron chi connectivity index (χ4n) is 1.43. The molecule has 0 spiro atoms. The Morgan fingerprint density at radius 1 is 1.25 bits per heavy atom. The molecule has 2 nitrogen and oxygen atoms in total. The van der Waals surface area contributed by atoms with Gasteiger partial charge in [0.2, 0.25) is 0 Å². The monoisotopic (exact) mass is 171 g/mol. The van der Waals surface area contributed by atoms with Gasteiger partial charge in [0.15, 0.2) is 0 Å². The first-order valence-electron chi connectivity index (χ1n) is 5.11. The van der Waals surface area contributed by atoms with Crippen LogP contribution >= 0.6 is 0 Å². The molecule has 0 amide bonds. The molecule has 0 atom stereocenters. The van der Waals surface area contributed by atoms with Gasteiger partial charge in [0.25, 0.3) is 0 Å². The second kappa shape index (κ2) is 4.83. The van der Waals surface area contributed by atoms with Gasteiger partial charge >= 0.3 is 0 Å². The molecule has 1 heterocycles. The molecule has 1 saturated heterocycles. The zero-order valence-corrected chi connectivity index (χ0v) is 8.36. The Bertz CT molecular complexity index is 121. The van der Waals surface area contributed by atoms with Crippen molar-refractivity contribution in [3.05, 3.63) is 0 Å². The van der Waals surface area contributed by atoms with Crippen LogP contribution in [-0.2, 0) is 4.74 Å². The predicted molar refractivity (Wildman–Crippen MR) is 51.4 cm³/mol. The molecule has 0 bridgehead atoms. The second-order valence-electron chi connectivity index (χ2n) is 3.96. The van der Waals surface area contributed by atoms with Gasteiger partial charge < -0.3 is 10.1 Å². The number of ether oxygens (including phenoxy) is 1. The maximum atomic E-state index is 5.75. The summed E-state index contributed by atoms with van der Waals surface area (Å²) in [7, 11) is 0. The average Bonchev–Trinajstić information content (AvgIpc) is 2.01. The van der Waals surface area contributed by atoms with Crippen LogP contribution in [0.4, 0.5) is 0 Å². The molecule has 1 fully saturated rings. The van der Waals surface area contributed by atoms with Crippen molar-refractivity contribution < 1.29 is 4.74 Å². The molecule has 1 N–H and O–H groups in total. The first kappa shape index (κ1) is 10.0. The summed E-state index contributed by atoms with van der Waals surface area (Å²) in [5.41, 5.74) is 0.159. The van der Waals surface area contributed by atoms with Crippen molar-refractivity contribution in [2.75, 3.05) is 19.7 Å². The maximum absolute atomic E-state index is 5.75. The quantitative estimate of drug-likeness (QED) is 0.617. The average molecular weight is 171 g/mol. The number of unbranched alkanes of at least 4 members (excludes halogenated alkanes) is 3. The summed E-state index contributed by atoms with van der Waals surface area (Å²) in [6.45, 7) is 7.42. The SMILES string of the molecule is CCCCCCOC1(C)CNC1. The molecule has 0 saturated carbocycles. The minimum atomic E-state index is 0.159. The van der Waals surface area contributed by atoms with Crippen LogP contribution in [0.3, 0.4) is 0 Å². The summed E-state index contributed by atoms with van der Waals surface area (Å²) in [6.07, 6.45) is 5.20. The smallest absolute Gasteiger partial charge is 0.0901 e. The molecule has 72 valence electrons. The lowest BCUT2D eigenvalue weighted by Crippen LogP contribution is -2.59. The standard InChI is InChI=1S/C10H21NO/c1-3-4-5-6-7-12-10(2)8-11-9-10/h11H,3-9H2,1-2H3. The Morgan fingerprint density at radius 3 is 2.50 bits per heavy atom. The first-order chi connectivity index (χ1) is 5.77. The van der Waals surface area contributed by atoms with E-state index in [9.17, 15) is 0 Å². The van der Waals surface area contributed by atoms with Crippen molar-refractivity contribution in [2.45, 2.75) is 45.1 Å². The molecule has 2 heteroatoms. The zero-order chi connectivity index (χ0) is 8.86. The van der Waals surface area contributed by atoms with Crippen LogP contribution in [0.5, 0.6) is 0 Å². The summed E-state index contributed by atoms with van der Waals surface area (Å²) in [6, 6.07) is 0. The Hall–Kier alpha value is -0.0800. The lowest BCUT2D eigenvalue weighted by molar-refractivity contribution is -0.0677. The zero-order valence-electron chi connectivity index (χ0n) is 8.36. The van der Waals surface area contributed by atoms with Gasteiger partial charge in [-0.1, -0.05) is 26.2 Å². The van der Waals surface area contributed by atoms with Crippen LogP contribution in [0.25, 0.3) is 0 Å². The fraction of sp³-hybridized carbons (Fsp3) is 1.00. The van der Waals surface area contributed by atoms with Gasteiger partial charge in [-0.25, -0.2) is 0 Å². The largest absolute Gasteiger partial charge is 0.373 e. The molecule has 1 rings (SSSR count). The van der Waals surface area contributed by atoms with E-state index in [4.69, 9.17) is 4.74 Å². The summed E-state index contributed by atoms with van der Waals surface area (Å²) >= 11 is 0. The van der Waals surface area contributed by atoms with Crippen molar-refractivity contribution in [3.63, 3.8) is 0 Å². The fourth-order valence-corrected chi connectivity index (χ4v) is 1.43. The molecular formula is C10H21NO. The first-order valence-corrected chi connectivity index (χ1v) is 5.11. The second-order valence-corrected chi connectivity index (χ2v) is 3.96. The van der Waals surface area contributed by atoms with E-state index in [1.54, 1.807) is 0 Å². The minimum Gasteiger partial charge on any atom is -0.373 e.